The van der Waals surface area contributed by atoms with Crippen LogP contribution in [0.2, 0.25) is 0 Å². The Kier molecular flexibility index (Phi) is 2.62. The number of H-pyrrole nitrogens is 1. The largest absolute Gasteiger partial charge is 0.463 e. The van der Waals surface area contributed by atoms with Crippen molar-refractivity contribution >= 4 is 26.8 Å². The first-order valence-electron chi connectivity index (χ1n) is 4.70. The molecule has 0 saturated heterocycles. The highest BCUT2D eigenvalue weighted by Crippen LogP contribution is 2.21. The first kappa shape index (κ1) is 11.6. The fourth-order valence-electron chi connectivity index (χ4n) is 1.50. The van der Waals surface area contributed by atoms with Crippen LogP contribution in [0.15, 0.2) is 23.1 Å². The number of ether oxygens (including phenoxy) is 1. The van der Waals surface area contributed by atoms with Crippen molar-refractivity contribution in [2.75, 3.05) is 13.4 Å². The summed E-state index contributed by atoms with van der Waals surface area (Å²) in [5, 5.41) is 0. The monoisotopic (exact) mass is 254 g/mol. The molecule has 0 aliphatic heterocycles. The van der Waals surface area contributed by atoms with Crippen LogP contribution in [0.4, 0.5) is 0 Å². The van der Waals surface area contributed by atoms with Gasteiger partial charge in [-0.15, -0.1) is 0 Å². The number of aromatic amines is 1. The third-order valence-corrected chi connectivity index (χ3v) is 3.38. The van der Waals surface area contributed by atoms with E-state index < -0.39 is 15.8 Å². The summed E-state index contributed by atoms with van der Waals surface area (Å²) in [6.45, 7) is 0. The minimum Gasteiger partial charge on any atom is -0.463 e. The first-order chi connectivity index (χ1) is 7.93. The fourth-order valence-corrected chi connectivity index (χ4v) is 2.33. The lowest BCUT2D eigenvalue weighted by atomic mass is 10.3. The van der Waals surface area contributed by atoms with Gasteiger partial charge in [0, 0.05) is 6.26 Å². The molecule has 0 saturated carbocycles. The zero-order valence-corrected chi connectivity index (χ0v) is 10.0. The molecule has 1 aromatic heterocycles. The molecule has 0 amide bonds. The normalized spacial score (nSPS) is 11.6. The van der Waals surface area contributed by atoms with Gasteiger partial charge in [0.05, 0.1) is 17.5 Å². The van der Waals surface area contributed by atoms with Crippen molar-refractivity contribution in [2.45, 2.75) is 4.90 Å². The fraction of sp³-hybridized carbons (Fsp3) is 0.200. The van der Waals surface area contributed by atoms with E-state index in [1.165, 1.54) is 13.2 Å². The number of aromatic nitrogens is 2. The number of methoxy groups -OCH3 is 1. The quantitative estimate of drug-likeness (QED) is 0.799. The number of imidazole rings is 1. The van der Waals surface area contributed by atoms with Crippen molar-refractivity contribution in [1.29, 1.82) is 0 Å². The number of hydrogen-bond donors (Lipinski definition) is 1. The van der Waals surface area contributed by atoms with Crippen molar-refractivity contribution in [3.8, 4) is 0 Å². The van der Waals surface area contributed by atoms with Crippen molar-refractivity contribution in [3.63, 3.8) is 0 Å². The molecule has 1 aromatic carbocycles. The summed E-state index contributed by atoms with van der Waals surface area (Å²) in [4.78, 5) is 18.0. The Bertz CT molecular complexity index is 687. The van der Waals surface area contributed by atoms with Gasteiger partial charge in [-0.2, -0.15) is 0 Å². The Morgan fingerprint density at radius 2 is 2.12 bits per heavy atom. The van der Waals surface area contributed by atoms with Gasteiger partial charge >= 0.3 is 5.97 Å². The zero-order chi connectivity index (χ0) is 12.6. The van der Waals surface area contributed by atoms with Gasteiger partial charge in [-0.3, -0.25) is 0 Å². The average molecular weight is 254 g/mol. The third kappa shape index (κ3) is 2.01. The number of benzene rings is 1. The lowest BCUT2D eigenvalue weighted by molar-refractivity contribution is 0.0588. The molecule has 0 radical (unpaired) electrons. The van der Waals surface area contributed by atoms with Crippen LogP contribution in [0.1, 0.15) is 10.6 Å². The summed E-state index contributed by atoms with van der Waals surface area (Å²) in [5.41, 5.74) is 0.726. The Labute approximate surface area is 97.5 Å². The van der Waals surface area contributed by atoms with Crippen LogP contribution < -0.4 is 0 Å². The maximum atomic E-state index is 11.5. The lowest BCUT2D eigenvalue weighted by Crippen LogP contribution is -2.03. The molecule has 0 aliphatic carbocycles. The first-order valence-corrected chi connectivity index (χ1v) is 6.59. The molecule has 1 N–H and O–H groups in total. The molecule has 2 rings (SSSR count). The SMILES string of the molecule is COC(=O)c1nc2c(S(C)(=O)=O)cccc2[nH]1. The molecule has 0 spiro atoms. The maximum Gasteiger partial charge on any atom is 0.374 e. The Morgan fingerprint density at radius 3 is 2.71 bits per heavy atom. The van der Waals surface area contributed by atoms with Crippen LogP contribution in [0.25, 0.3) is 11.0 Å². The third-order valence-electron chi connectivity index (χ3n) is 2.25. The Hall–Kier alpha value is -1.89. The predicted octanol–water partition coefficient (Wildman–Crippen LogP) is 0.753. The van der Waals surface area contributed by atoms with Gasteiger partial charge in [0.1, 0.15) is 5.52 Å². The van der Waals surface area contributed by atoms with E-state index in [4.69, 9.17) is 0 Å². The Balaban J connectivity index is 2.74. The van der Waals surface area contributed by atoms with E-state index in [0.29, 0.717) is 5.52 Å². The molecule has 0 aliphatic rings. The standard InChI is InChI=1S/C10H10N2O4S/c1-16-10(13)9-11-6-4-3-5-7(8(6)12-9)17(2,14)15/h3-5H,1-2H3,(H,11,12). The van der Waals surface area contributed by atoms with E-state index >= 15 is 0 Å². The molecule has 17 heavy (non-hydrogen) atoms. The second-order valence-electron chi connectivity index (χ2n) is 3.50. The number of carbonyl (C=O) groups is 1. The van der Waals surface area contributed by atoms with Crippen LogP contribution in [0, 0.1) is 0 Å². The van der Waals surface area contributed by atoms with Crippen molar-refractivity contribution < 1.29 is 17.9 Å². The van der Waals surface area contributed by atoms with E-state index in [0.717, 1.165) is 6.26 Å². The van der Waals surface area contributed by atoms with Crippen LogP contribution in [-0.4, -0.2) is 37.7 Å². The number of hydrogen-bond acceptors (Lipinski definition) is 5. The second kappa shape index (κ2) is 3.85. The molecule has 1 heterocycles. The highest BCUT2D eigenvalue weighted by atomic mass is 32.2. The van der Waals surface area contributed by atoms with Crippen molar-refractivity contribution in [2.24, 2.45) is 0 Å². The number of nitrogens with zero attached hydrogens (tertiary/aromatic N) is 1. The molecule has 0 atom stereocenters. The van der Waals surface area contributed by atoms with Crippen LogP contribution in [0.5, 0.6) is 0 Å². The molecular formula is C10H10N2O4S. The smallest absolute Gasteiger partial charge is 0.374 e. The number of sulfone groups is 1. The van der Waals surface area contributed by atoms with Gasteiger partial charge in [0.2, 0.25) is 5.82 Å². The number of esters is 1. The van der Waals surface area contributed by atoms with Gasteiger partial charge in [0.25, 0.3) is 0 Å². The number of fused-ring (bicyclic) bond motifs is 1. The molecule has 0 bridgehead atoms. The van der Waals surface area contributed by atoms with E-state index in [-0.39, 0.29) is 16.2 Å². The number of carbonyl (C=O) groups excluding carboxylic acids is 1. The van der Waals surface area contributed by atoms with E-state index in [9.17, 15) is 13.2 Å². The van der Waals surface area contributed by atoms with E-state index in [1.54, 1.807) is 12.1 Å². The summed E-state index contributed by atoms with van der Waals surface area (Å²) < 4.78 is 27.6. The van der Waals surface area contributed by atoms with Gasteiger partial charge in [-0.25, -0.2) is 18.2 Å². The second-order valence-corrected chi connectivity index (χ2v) is 5.49. The van der Waals surface area contributed by atoms with Crippen molar-refractivity contribution in [3.05, 3.63) is 24.0 Å². The number of rotatable bonds is 2. The highest BCUT2D eigenvalue weighted by molar-refractivity contribution is 7.91. The molecule has 0 fully saturated rings. The van der Waals surface area contributed by atoms with E-state index in [2.05, 4.69) is 14.7 Å². The van der Waals surface area contributed by atoms with Crippen molar-refractivity contribution in [1.82, 2.24) is 9.97 Å². The van der Waals surface area contributed by atoms with Gasteiger partial charge < -0.3 is 9.72 Å². The topological polar surface area (TPSA) is 89.1 Å². The van der Waals surface area contributed by atoms with Gasteiger partial charge in [0.15, 0.2) is 9.84 Å². The molecule has 2 aromatic rings. The highest BCUT2D eigenvalue weighted by Gasteiger charge is 2.17. The molecule has 90 valence electrons. The minimum atomic E-state index is -3.38. The summed E-state index contributed by atoms with van der Waals surface area (Å²) in [7, 11) is -2.15. The lowest BCUT2D eigenvalue weighted by Gasteiger charge is -1.97. The number of nitrogens with one attached hydrogen (secondary N) is 1. The van der Waals surface area contributed by atoms with Crippen LogP contribution >= 0.6 is 0 Å². The van der Waals surface area contributed by atoms with Crippen LogP contribution in [-0.2, 0) is 14.6 Å². The van der Waals surface area contributed by atoms with Crippen LogP contribution in [0.3, 0.4) is 0 Å². The Morgan fingerprint density at radius 1 is 1.41 bits per heavy atom. The molecule has 0 unspecified atom stereocenters. The predicted molar refractivity (Wildman–Crippen MR) is 60.5 cm³/mol. The summed E-state index contributed by atoms with van der Waals surface area (Å²) in [6, 6.07) is 4.67. The zero-order valence-electron chi connectivity index (χ0n) is 9.22. The summed E-state index contributed by atoms with van der Waals surface area (Å²) >= 11 is 0. The summed E-state index contributed by atoms with van der Waals surface area (Å²) in [6.07, 6.45) is 1.09. The van der Waals surface area contributed by atoms with Gasteiger partial charge in [-0.1, -0.05) is 6.07 Å². The van der Waals surface area contributed by atoms with E-state index in [1.807, 2.05) is 0 Å². The molecule has 7 heteroatoms. The summed E-state index contributed by atoms with van der Waals surface area (Å²) in [5.74, 6) is -0.653. The molecule has 6 nitrogen and oxygen atoms in total. The maximum absolute atomic E-state index is 11.5. The average Bonchev–Trinajstić information content (AvgIpc) is 2.69. The molecular weight excluding hydrogens is 244 g/mol. The number of para-hydroxylation sites is 1. The minimum absolute atomic E-state index is 0.0152. The van der Waals surface area contributed by atoms with Gasteiger partial charge in [-0.05, 0) is 12.1 Å².